The van der Waals surface area contributed by atoms with E-state index in [2.05, 4.69) is 81.2 Å². The van der Waals surface area contributed by atoms with Gasteiger partial charge in [-0.15, -0.1) is 17.4 Å². The van der Waals surface area contributed by atoms with Crippen molar-refractivity contribution in [3.8, 4) is 0 Å². The maximum Gasteiger partial charge on any atom is 0.339 e. The number of amides is 1. The van der Waals surface area contributed by atoms with Crippen molar-refractivity contribution in [2.24, 2.45) is 0 Å². The molecule has 4 aromatic heterocycles. The molecule has 11 nitrogen and oxygen atoms in total. The number of aromatic nitrogens is 4. The largest absolute Gasteiger partial charge is 0.465 e. The van der Waals surface area contributed by atoms with Crippen LogP contribution in [0.5, 0.6) is 0 Å². The van der Waals surface area contributed by atoms with E-state index in [9.17, 15) is 18.4 Å². The van der Waals surface area contributed by atoms with Gasteiger partial charge in [-0.3, -0.25) is 14.8 Å². The molecule has 63 heavy (non-hydrogen) atoms. The number of nitrogens with one attached hydrogen (secondary N) is 1. The average molecular weight is 893 g/mol. The predicted molar refractivity (Wildman–Crippen MR) is 250 cm³/mol. The molecule has 2 aromatic carbocycles. The van der Waals surface area contributed by atoms with E-state index in [0.29, 0.717) is 41.5 Å². The lowest BCUT2D eigenvalue weighted by Gasteiger charge is -2.36. The molecule has 0 radical (unpaired) electrons. The Bertz CT molecular complexity index is 2230. The highest BCUT2D eigenvalue weighted by atomic mass is 28.4. The minimum Gasteiger partial charge on any atom is -0.465 e. The summed E-state index contributed by atoms with van der Waals surface area (Å²) in [6.07, 6.45) is 7.71. The maximum atomic E-state index is 12.9. The number of ether oxygens (including phenoxy) is 1. The van der Waals surface area contributed by atoms with E-state index in [1.807, 2.05) is 12.1 Å². The minimum atomic E-state index is -1.76. The number of pyridine rings is 4. The first-order chi connectivity index (χ1) is 29.8. The molecule has 0 aliphatic carbocycles. The highest BCUT2D eigenvalue weighted by molar-refractivity contribution is 6.74. The Kier molecular flexibility index (Phi) is 20.8. The van der Waals surface area contributed by atoms with Gasteiger partial charge in [0.05, 0.1) is 42.8 Å². The molecular weight excluding hydrogens is 834 g/mol. The quantitative estimate of drug-likeness (QED) is 0.0843. The van der Waals surface area contributed by atoms with Crippen LogP contribution in [0.4, 0.5) is 20.4 Å². The van der Waals surface area contributed by atoms with Gasteiger partial charge in [0, 0.05) is 24.8 Å². The van der Waals surface area contributed by atoms with E-state index in [4.69, 9.17) is 15.3 Å². The molecule has 0 atom stereocenters. The van der Waals surface area contributed by atoms with Crippen molar-refractivity contribution in [3.05, 3.63) is 178 Å². The second-order valence-corrected chi connectivity index (χ2v) is 25.0. The van der Waals surface area contributed by atoms with Crippen molar-refractivity contribution in [2.75, 3.05) is 18.2 Å². The number of esters is 1. The molecule has 15 heteroatoms. The molecule has 4 N–H and O–H groups in total. The van der Waals surface area contributed by atoms with E-state index in [1.54, 1.807) is 73.1 Å². The number of aliphatic hydroxyl groups is 1. The molecule has 0 saturated heterocycles. The number of nitrogen functional groups attached to an aromatic ring is 1. The third-order valence-electron chi connectivity index (χ3n) is 9.44. The van der Waals surface area contributed by atoms with Crippen LogP contribution < -0.4 is 11.1 Å². The van der Waals surface area contributed by atoms with Gasteiger partial charge in [-0.05, 0) is 114 Å². The molecule has 0 saturated carbocycles. The van der Waals surface area contributed by atoms with Crippen LogP contribution in [-0.4, -0.2) is 66.5 Å². The summed E-state index contributed by atoms with van der Waals surface area (Å²) in [5.41, 5.74) is 11.7. The Morgan fingerprint density at radius 3 is 1.57 bits per heavy atom. The van der Waals surface area contributed by atoms with Crippen molar-refractivity contribution in [3.63, 3.8) is 0 Å². The van der Waals surface area contributed by atoms with Crippen LogP contribution in [0, 0.1) is 11.6 Å². The van der Waals surface area contributed by atoms with Crippen molar-refractivity contribution < 1.29 is 32.6 Å². The van der Waals surface area contributed by atoms with Crippen molar-refractivity contribution in [1.29, 1.82) is 0 Å². The number of carbonyl (C=O) groups excluding carboxylic acids is 2. The van der Waals surface area contributed by atoms with E-state index in [1.165, 1.54) is 43.8 Å². The Balaban J connectivity index is 0.000000248. The Hall–Kier alpha value is -5.69. The summed E-state index contributed by atoms with van der Waals surface area (Å²) in [6.45, 7) is 11.3. The number of hydrogen-bond acceptors (Lipinski definition) is 10. The lowest BCUT2D eigenvalue weighted by Crippen LogP contribution is -2.40. The number of aliphatic hydroxyl groups excluding tert-OH is 1. The fraction of sp³-hybridized carbons (Fsp3) is 0.292. The molecule has 0 unspecified atom stereocenters. The molecule has 0 aliphatic rings. The third-order valence-corrected chi connectivity index (χ3v) is 13.9. The van der Waals surface area contributed by atoms with Crippen LogP contribution in [0.1, 0.15) is 75.1 Å². The minimum absolute atomic E-state index is 0.139. The number of nitrogens with two attached hydrogens (primary N) is 1. The number of hydrogen-bond donors (Lipinski definition) is 3. The van der Waals surface area contributed by atoms with Crippen molar-refractivity contribution in [1.82, 2.24) is 19.9 Å². The number of methoxy groups -OCH3 is 1. The number of rotatable bonds is 11. The molecule has 0 bridgehead atoms. The fourth-order valence-electron chi connectivity index (χ4n) is 4.88. The Labute approximate surface area is 375 Å². The number of anilines is 2. The second-order valence-electron chi connectivity index (χ2n) is 16.7. The molecule has 332 valence electrons. The summed E-state index contributed by atoms with van der Waals surface area (Å²) < 4.78 is 36.3. The smallest absolute Gasteiger partial charge is 0.339 e. The van der Waals surface area contributed by atoms with Crippen molar-refractivity contribution >= 4 is 46.0 Å². The van der Waals surface area contributed by atoms with Crippen LogP contribution in [0.3, 0.4) is 0 Å². The zero-order valence-electron chi connectivity index (χ0n) is 37.7. The van der Waals surface area contributed by atoms with Gasteiger partial charge in [-0.2, -0.15) is 0 Å². The van der Waals surface area contributed by atoms with Gasteiger partial charge in [0.15, 0.2) is 8.32 Å². The zero-order valence-corrected chi connectivity index (χ0v) is 39.8. The monoisotopic (exact) mass is 892 g/mol. The maximum absolute atomic E-state index is 12.9. The summed E-state index contributed by atoms with van der Waals surface area (Å²) in [5.74, 6) is 6.69. The van der Waals surface area contributed by atoms with Crippen LogP contribution >= 0.6 is 0 Å². The zero-order chi connectivity index (χ0) is 46.6. The number of carbonyl (C=O) groups is 2. The summed E-state index contributed by atoms with van der Waals surface area (Å²) in [6, 6.07) is 26.7. The van der Waals surface area contributed by atoms with Gasteiger partial charge >= 0.3 is 5.97 Å². The lowest BCUT2D eigenvalue weighted by atomic mass is 10.1. The van der Waals surface area contributed by atoms with E-state index >= 15 is 0 Å². The average Bonchev–Trinajstić information content (AvgIpc) is 3.26. The first-order valence-corrected chi connectivity index (χ1v) is 26.8. The normalized spacial score (nSPS) is 10.7. The number of nitrogens with zero attached hydrogens (tertiary/aromatic N) is 4. The summed E-state index contributed by atoms with van der Waals surface area (Å²) in [5, 5.41) is 11.8. The second kappa shape index (κ2) is 25.4. The van der Waals surface area contributed by atoms with E-state index < -0.39 is 8.32 Å². The third kappa shape index (κ3) is 19.1. The molecule has 0 fully saturated rings. The van der Waals surface area contributed by atoms with Crippen LogP contribution in [-0.2, 0) is 35.2 Å². The first-order valence-electron chi connectivity index (χ1n) is 20.5. The first kappa shape index (κ1) is 51.7. The van der Waals surface area contributed by atoms with Gasteiger partial charge in [0.1, 0.15) is 23.3 Å². The van der Waals surface area contributed by atoms with Crippen LogP contribution in [0.25, 0.3) is 0 Å². The predicted octanol–water partition coefficient (Wildman–Crippen LogP) is 10.1. The summed E-state index contributed by atoms with van der Waals surface area (Å²) in [4.78, 5) is 39.8. The molecule has 6 rings (SSSR count). The van der Waals surface area contributed by atoms with E-state index in [-0.39, 0.29) is 49.3 Å². The Morgan fingerprint density at radius 2 is 1.16 bits per heavy atom. The topological polar surface area (TPSA) is 162 Å². The number of benzene rings is 2. The van der Waals surface area contributed by atoms with Gasteiger partial charge < -0.3 is 25.3 Å². The van der Waals surface area contributed by atoms with Gasteiger partial charge in [0.2, 0.25) is 0 Å². The molecule has 1 amide bonds. The highest BCUT2D eigenvalue weighted by Crippen LogP contribution is 2.37. The van der Waals surface area contributed by atoms with Crippen molar-refractivity contribution in [2.45, 2.75) is 82.3 Å². The van der Waals surface area contributed by atoms with E-state index in [0.717, 1.165) is 34.4 Å². The summed E-state index contributed by atoms with van der Waals surface area (Å²) in [7, 11) is -0.404. The Morgan fingerprint density at radius 1 is 0.683 bits per heavy atom. The highest BCUT2D eigenvalue weighted by Gasteiger charge is 2.37. The molecular formula is C48H59AlF2N6O5Si. The standard InChI is InChI=1S/C19H16FN3O2.C14H23NO3Si.C12H11FN2.3CH3.Al/c20-16-5-1-13(2-6-16)9-14-3-8-18(22-10-14)23-19(25)15-4-7-17(12-24)21-11-15;1-14(2,3)19(5,6)18-10-12-8-7-11(9-15-12)13(16)17-4;13-11-4-1-9(2-5-11)7-10-3-6-12(14)15-8-10;;;;/h1-8,10-11,24H,9,12H2,(H,22,23,25);7-9H,10H2,1-6H3;1-6,8H,7H2,(H2,14,15);3*1H3;. The fourth-order valence-corrected chi connectivity index (χ4v) is 5.82. The van der Waals surface area contributed by atoms with Gasteiger partial charge in [0.25, 0.3) is 20.1 Å². The summed E-state index contributed by atoms with van der Waals surface area (Å²) >= 11 is -0.139. The molecule has 0 spiro atoms. The van der Waals surface area contributed by atoms with Gasteiger partial charge in [-0.1, -0.05) is 57.2 Å². The molecule has 6 aromatic rings. The lowest BCUT2D eigenvalue weighted by molar-refractivity contribution is 0.0600. The molecule has 0 aliphatic heterocycles. The number of halogens is 2. The van der Waals surface area contributed by atoms with Crippen LogP contribution in [0.2, 0.25) is 35.5 Å². The molecule has 4 heterocycles. The SMILES string of the molecule is COC(=O)c1ccc(CO[Si](C)(C)C(C)(C)C)nc1.Nc1ccc(Cc2ccc(F)cc2)cn1.O=C(Nc1ccc(Cc2ccc(F)cc2)cn1)c1ccc(CO)nc1.[CH3][Al]([CH3])[CH3]. The van der Waals surface area contributed by atoms with Gasteiger partial charge in [-0.25, -0.2) is 23.5 Å². The van der Waals surface area contributed by atoms with Crippen LogP contribution in [0.15, 0.2) is 122 Å².